The third kappa shape index (κ3) is 5.20. The summed E-state index contributed by atoms with van der Waals surface area (Å²) < 4.78 is 6.21. The van der Waals surface area contributed by atoms with Crippen molar-refractivity contribution < 1.29 is 4.42 Å². The number of hydrogen-bond donors (Lipinski definition) is 4. The fourth-order valence-corrected chi connectivity index (χ4v) is 8.97. The van der Waals surface area contributed by atoms with E-state index in [1.54, 1.807) is 0 Å². The normalized spacial score (nSPS) is 25.7. The van der Waals surface area contributed by atoms with Gasteiger partial charge in [0.25, 0.3) is 0 Å². The minimum Gasteiger partial charge on any atom is -0.456 e. The van der Waals surface area contributed by atoms with E-state index in [2.05, 4.69) is 142 Å². The fourth-order valence-electron chi connectivity index (χ4n) is 8.97. The van der Waals surface area contributed by atoms with Crippen LogP contribution in [0.5, 0.6) is 0 Å². The monoisotopic (exact) mass is 654 g/mol. The summed E-state index contributed by atoms with van der Waals surface area (Å²) in [6.45, 7) is 0. The summed E-state index contributed by atoms with van der Waals surface area (Å²) in [7, 11) is 0. The molecule has 3 heterocycles. The predicted octanol–water partition coefficient (Wildman–Crippen LogP) is 10.1. The van der Waals surface area contributed by atoms with Gasteiger partial charge in [0.2, 0.25) is 0 Å². The van der Waals surface area contributed by atoms with E-state index < -0.39 is 0 Å². The van der Waals surface area contributed by atoms with Gasteiger partial charge in [0.1, 0.15) is 11.2 Å². The molecule has 5 unspecified atom stereocenters. The van der Waals surface area contributed by atoms with Gasteiger partial charge in [0.15, 0.2) is 0 Å². The summed E-state index contributed by atoms with van der Waals surface area (Å²) in [5.41, 5.74) is 11.2. The van der Waals surface area contributed by atoms with Crippen LogP contribution in [0.15, 0.2) is 149 Å². The Bertz CT molecular complexity index is 2420. The molecule has 5 nitrogen and oxygen atoms in total. The zero-order chi connectivity index (χ0) is 33.0. The van der Waals surface area contributed by atoms with Crippen molar-refractivity contribution in [3.05, 3.63) is 155 Å². The molecule has 0 saturated carbocycles. The molecule has 50 heavy (non-hydrogen) atoms. The molecule has 0 radical (unpaired) electrons. The highest BCUT2D eigenvalue weighted by atomic mass is 16.3. The second-order valence-corrected chi connectivity index (χ2v) is 14.4. The smallest absolute Gasteiger partial charge is 0.135 e. The number of para-hydroxylation sites is 2. The van der Waals surface area contributed by atoms with E-state index in [1.165, 1.54) is 66.8 Å². The van der Waals surface area contributed by atoms with Crippen LogP contribution in [0.1, 0.15) is 61.5 Å². The van der Waals surface area contributed by atoms with Crippen molar-refractivity contribution in [3.8, 4) is 0 Å². The number of aromatic amines is 1. The lowest BCUT2D eigenvalue weighted by molar-refractivity contribution is 0.249. The van der Waals surface area contributed by atoms with Gasteiger partial charge in [0.05, 0.1) is 18.5 Å². The average molecular weight is 655 g/mol. The molecule has 4 aliphatic rings. The van der Waals surface area contributed by atoms with Gasteiger partial charge in [-0.3, -0.25) is 16.0 Å². The summed E-state index contributed by atoms with van der Waals surface area (Å²) in [5, 5.41) is 17.1. The first kappa shape index (κ1) is 29.9. The standard InChI is InChI=1S/C45H42N4O/c1-2-12-28(13-3-1)43-47-44(36-18-6-4-14-31(36)29-23-25-42-38(26-29)35-17-9-11-21-41(35)50-42)49-45(48-43)37-19-7-5-15-32(37)30-22-24-34-33-16-8-10-20-39(33)46-40(34)27-30/h2,5,7-13,16-27,31-32,43-49H,1,3-4,6,14-15H2. The van der Waals surface area contributed by atoms with E-state index in [-0.39, 0.29) is 24.4 Å². The number of nitrogens with one attached hydrogen (secondary N) is 4. The van der Waals surface area contributed by atoms with Crippen molar-refractivity contribution in [1.29, 1.82) is 0 Å². The molecule has 1 fully saturated rings. The third-order valence-electron chi connectivity index (χ3n) is 11.4. The Balaban J connectivity index is 1.01. The highest BCUT2D eigenvalue weighted by Gasteiger charge is 2.37. The quantitative estimate of drug-likeness (QED) is 0.140. The molecule has 2 aromatic heterocycles. The highest BCUT2D eigenvalue weighted by molar-refractivity contribution is 6.07. The van der Waals surface area contributed by atoms with Crippen LogP contribution in [0, 0.1) is 0 Å². The summed E-state index contributed by atoms with van der Waals surface area (Å²) in [6, 6.07) is 30.9. The molecule has 0 bridgehead atoms. The minimum absolute atomic E-state index is 0.000360. The summed E-state index contributed by atoms with van der Waals surface area (Å²) in [4.78, 5) is 3.68. The van der Waals surface area contributed by atoms with Crippen molar-refractivity contribution in [2.24, 2.45) is 0 Å². The van der Waals surface area contributed by atoms with Crippen molar-refractivity contribution in [2.45, 2.75) is 68.9 Å². The van der Waals surface area contributed by atoms with Gasteiger partial charge in [-0.1, -0.05) is 97.1 Å². The van der Waals surface area contributed by atoms with Crippen LogP contribution in [-0.2, 0) is 0 Å². The van der Waals surface area contributed by atoms with E-state index >= 15 is 0 Å². The van der Waals surface area contributed by atoms with E-state index in [1.807, 2.05) is 6.07 Å². The maximum atomic E-state index is 6.21. The predicted molar refractivity (Wildman–Crippen MR) is 206 cm³/mol. The van der Waals surface area contributed by atoms with Crippen LogP contribution in [0.3, 0.4) is 0 Å². The molecule has 248 valence electrons. The molecule has 4 N–H and O–H groups in total. The Kier molecular flexibility index (Phi) is 7.44. The van der Waals surface area contributed by atoms with E-state index in [0.717, 1.165) is 43.3 Å². The zero-order valence-electron chi connectivity index (χ0n) is 28.2. The van der Waals surface area contributed by atoms with Crippen LogP contribution in [0.4, 0.5) is 0 Å². The lowest BCUT2D eigenvalue weighted by Gasteiger charge is -2.45. The Morgan fingerprint density at radius 1 is 0.580 bits per heavy atom. The first-order valence-electron chi connectivity index (χ1n) is 18.4. The average Bonchev–Trinajstić information content (AvgIpc) is 3.75. The second-order valence-electron chi connectivity index (χ2n) is 14.4. The molecule has 5 atom stereocenters. The molecule has 0 spiro atoms. The van der Waals surface area contributed by atoms with Crippen LogP contribution in [-0.4, -0.2) is 23.5 Å². The van der Waals surface area contributed by atoms with E-state index in [9.17, 15) is 0 Å². The molecule has 3 aliphatic carbocycles. The number of benzene rings is 4. The van der Waals surface area contributed by atoms with Crippen LogP contribution >= 0.6 is 0 Å². The topological polar surface area (TPSA) is 65.0 Å². The maximum absolute atomic E-state index is 6.21. The first-order valence-corrected chi connectivity index (χ1v) is 18.4. The minimum atomic E-state index is -0.000360. The van der Waals surface area contributed by atoms with Gasteiger partial charge in [-0.25, -0.2) is 0 Å². The molecular formula is C45H42N4O. The third-order valence-corrected chi connectivity index (χ3v) is 11.4. The van der Waals surface area contributed by atoms with Gasteiger partial charge >= 0.3 is 0 Å². The molecule has 6 aromatic rings. The van der Waals surface area contributed by atoms with Crippen molar-refractivity contribution in [1.82, 2.24) is 20.9 Å². The van der Waals surface area contributed by atoms with Crippen LogP contribution in [0.25, 0.3) is 43.7 Å². The number of fused-ring (bicyclic) bond motifs is 6. The Labute approximate surface area is 292 Å². The van der Waals surface area contributed by atoms with Crippen molar-refractivity contribution in [3.63, 3.8) is 0 Å². The molecule has 5 heteroatoms. The second kappa shape index (κ2) is 12.4. The van der Waals surface area contributed by atoms with Crippen LogP contribution < -0.4 is 16.0 Å². The van der Waals surface area contributed by atoms with Gasteiger partial charge in [-0.2, -0.15) is 0 Å². The number of hydrogen-bond acceptors (Lipinski definition) is 4. The summed E-state index contributed by atoms with van der Waals surface area (Å²) in [6.07, 6.45) is 23.1. The number of H-pyrrole nitrogens is 1. The molecule has 10 rings (SSSR count). The number of furan rings is 1. The first-order chi connectivity index (χ1) is 24.8. The molecule has 0 amide bonds. The molecule has 1 saturated heterocycles. The van der Waals surface area contributed by atoms with Gasteiger partial charge < -0.3 is 9.40 Å². The van der Waals surface area contributed by atoms with Gasteiger partial charge in [-0.15, -0.1) is 0 Å². The zero-order valence-corrected chi connectivity index (χ0v) is 28.2. The molecule has 4 aromatic carbocycles. The van der Waals surface area contributed by atoms with Gasteiger partial charge in [0, 0.05) is 44.4 Å². The molecule has 1 aliphatic heterocycles. The largest absolute Gasteiger partial charge is 0.456 e. The van der Waals surface area contributed by atoms with E-state index in [0.29, 0.717) is 5.92 Å². The lowest BCUT2D eigenvalue weighted by Crippen LogP contribution is -2.69. The highest BCUT2D eigenvalue weighted by Crippen LogP contribution is 2.41. The van der Waals surface area contributed by atoms with Gasteiger partial charge in [-0.05, 0) is 96.7 Å². The number of rotatable bonds is 5. The summed E-state index contributed by atoms with van der Waals surface area (Å²) in [5.74, 6) is 0.589. The SMILES string of the molecule is C1=CCC(c2ccc3c(c2)[nH]c2ccccc23)C(C2NC(C3=CCCC=C3)NC(C3=CCCCC3c3ccc4oc5ccccc5c4c3)N2)=C1. The lowest BCUT2D eigenvalue weighted by atomic mass is 9.79. The number of aromatic nitrogens is 1. The van der Waals surface area contributed by atoms with Crippen LogP contribution in [0.2, 0.25) is 0 Å². The Hall–Kier alpha value is -4.94. The van der Waals surface area contributed by atoms with Crippen molar-refractivity contribution in [2.75, 3.05) is 0 Å². The molecular weight excluding hydrogens is 613 g/mol. The summed E-state index contributed by atoms with van der Waals surface area (Å²) >= 11 is 0. The maximum Gasteiger partial charge on any atom is 0.135 e. The Morgan fingerprint density at radius 3 is 2.28 bits per heavy atom. The van der Waals surface area contributed by atoms with E-state index in [4.69, 9.17) is 4.42 Å². The fraction of sp³-hybridized carbons (Fsp3) is 0.244. The number of allylic oxidation sites excluding steroid dienone is 6. The Morgan fingerprint density at radius 2 is 1.36 bits per heavy atom. The van der Waals surface area contributed by atoms with Crippen molar-refractivity contribution >= 4 is 43.7 Å².